The summed E-state index contributed by atoms with van der Waals surface area (Å²) < 4.78 is 46.4. The Morgan fingerprint density at radius 1 is 0.925 bits per heavy atom. The lowest BCUT2D eigenvalue weighted by atomic mass is 9.99. The van der Waals surface area contributed by atoms with Gasteiger partial charge in [-0.2, -0.15) is 0 Å². The number of amides is 3. The van der Waals surface area contributed by atoms with Gasteiger partial charge in [0.05, 0.1) is 35.4 Å². The van der Waals surface area contributed by atoms with Gasteiger partial charge in [0.15, 0.2) is 11.5 Å². The quantitative estimate of drug-likeness (QED) is 0.0989. The number of urea groups is 1. The van der Waals surface area contributed by atoms with E-state index in [-0.39, 0.29) is 42.1 Å². The molecule has 0 radical (unpaired) electrons. The van der Waals surface area contributed by atoms with Gasteiger partial charge >= 0.3 is 6.03 Å². The highest BCUT2D eigenvalue weighted by atomic mass is 79.9. The third-order valence-electron chi connectivity index (χ3n) is 9.63. The lowest BCUT2D eigenvalue weighted by Gasteiger charge is -2.17. The van der Waals surface area contributed by atoms with Crippen LogP contribution in [0.1, 0.15) is 46.2 Å². The lowest BCUT2D eigenvalue weighted by molar-refractivity contribution is -0.113. The number of sulfonamides is 1. The number of ether oxygens (including phenoxy) is 3. The Morgan fingerprint density at radius 3 is 2.34 bits per heavy atom. The summed E-state index contributed by atoms with van der Waals surface area (Å²) in [4.78, 5) is 28.1. The number of methoxy groups -OCH3 is 1. The molecule has 3 amide bonds. The fourth-order valence-corrected chi connectivity index (χ4v) is 8.90. The van der Waals surface area contributed by atoms with Crippen LogP contribution >= 0.6 is 31.9 Å². The lowest BCUT2D eigenvalue weighted by Crippen LogP contribution is -2.35. The van der Waals surface area contributed by atoms with Crippen molar-refractivity contribution in [3.63, 3.8) is 0 Å². The molecule has 0 atom stereocenters. The molecule has 1 heterocycles. The van der Waals surface area contributed by atoms with Crippen molar-refractivity contribution in [3.8, 4) is 17.2 Å². The molecule has 0 saturated carbocycles. The van der Waals surface area contributed by atoms with Gasteiger partial charge in [-0.25, -0.2) is 17.9 Å². The van der Waals surface area contributed by atoms with E-state index in [0.29, 0.717) is 27.9 Å². The van der Waals surface area contributed by atoms with Gasteiger partial charge in [-0.1, -0.05) is 22.0 Å². The second kappa shape index (κ2) is 15.5. The second-order valence-corrected chi connectivity index (χ2v) is 16.4. The molecule has 0 fully saturated rings. The molecule has 7 rings (SSSR count). The monoisotopic (exact) mass is 865 g/mol. The molecule has 0 bridgehead atoms. The summed E-state index contributed by atoms with van der Waals surface area (Å²) in [5.74, 6) is 0.513. The van der Waals surface area contributed by atoms with E-state index in [1.54, 1.807) is 23.1 Å². The number of aromatic hydroxyl groups is 1. The first-order valence-electron chi connectivity index (χ1n) is 17.2. The summed E-state index contributed by atoms with van der Waals surface area (Å²) >= 11 is 6.85. The number of rotatable bonds is 12. The standard InChI is InChI=1S/C39H37Br2N3O8S/c1-50-35-20-23(19-33(41)37(35)45)18-32-31-22-26(40)8-13-34(31)44(38(32)46)14-15-51-16-17-52-27-9-11-28(12-10-27)53(48,49)43-39(47)42-36-29-6-2-4-24(29)21-25-5-3-7-30(25)36/h8-13,18-22,45H,2-7,14-17H2,1H3,(H2,42,43,47)/b32-18+. The molecule has 0 saturated heterocycles. The molecular weight excluding hydrogens is 830 g/mol. The van der Waals surface area contributed by atoms with Crippen molar-refractivity contribution in [1.82, 2.24) is 4.72 Å². The van der Waals surface area contributed by atoms with Crippen molar-refractivity contribution in [1.29, 1.82) is 0 Å². The molecule has 4 aromatic rings. The van der Waals surface area contributed by atoms with Gasteiger partial charge in [-0.15, -0.1) is 0 Å². The number of nitrogens with zero attached hydrogens (tertiary/aromatic N) is 1. The number of anilines is 2. The number of fused-ring (bicyclic) bond motifs is 3. The molecule has 276 valence electrons. The third-order valence-corrected chi connectivity index (χ3v) is 12.1. The van der Waals surface area contributed by atoms with E-state index in [0.717, 1.165) is 71.1 Å². The van der Waals surface area contributed by atoms with Crippen molar-refractivity contribution >= 4 is 76.8 Å². The first-order chi connectivity index (χ1) is 25.5. The number of carbonyl (C=O) groups is 2. The van der Waals surface area contributed by atoms with E-state index < -0.39 is 16.1 Å². The topological polar surface area (TPSA) is 143 Å². The number of nitrogens with one attached hydrogen (secondary N) is 2. The number of benzene rings is 4. The van der Waals surface area contributed by atoms with Crippen LogP contribution in [0.2, 0.25) is 0 Å². The van der Waals surface area contributed by atoms with Crippen molar-refractivity contribution in [2.75, 3.05) is 43.7 Å². The highest BCUT2D eigenvalue weighted by Crippen LogP contribution is 2.42. The predicted octanol–water partition coefficient (Wildman–Crippen LogP) is 7.40. The van der Waals surface area contributed by atoms with Crippen LogP contribution in [-0.4, -0.2) is 58.9 Å². The van der Waals surface area contributed by atoms with Crippen LogP contribution in [0.4, 0.5) is 16.2 Å². The highest BCUT2D eigenvalue weighted by Gasteiger charge is 2.32. The number of phenolic OH excluding ortho intramolecular Hbond substituents is 1. The molecule has 2 aliphatic carbocycles. The van der Waals surface area contributed by atoms with Crippen molar-refractivity contribution in [2.24, 2.45) is 0 Å². The average molecular weight is 868 g/mol. The van der Waals surface area contributed by atoms with Crippen LogP contribution in [0.15, 0.2) is 74.5 Å². The maximum atomic E-state index is 13.6. The molecule has 14 heteroatoms. The summed E-state index contributed by atoms with van der Waals surface area (Å²) in [6.45, 7) is 0.971. The Kier molecular flexibility index (Phi) is 10.8. The van der Waals surface area contributed by atoms with Crippen LogP contribution in [0.3, 0.4) is 0 Å². The Labute approximate surface area is 324 Å². The normalized spacial score (nSPS) is 15.3. The van der Waals surface area contributed by atoms with E-state index in [4.69, 9.17) is 14.2 Å². The van der Waals surface area contributed by atoms with E-state index in [9.17, 15) is 23.1 Å². The Balaban J connectivity index is 0.905. The van der Waals surface area contributed by atoms with Crippen LogP contribution in [0.25, 0.3) is 11.6 Å². The Hall–Kier alpha value is -4.37. The SMILES string of the molecule is COc1cc(/C=C2/C(=O)N(CCOCCOc3ccc(S(=O)(=O)NC(=O)Nc4c5c(cc6c4CCC6)CCC5)cc3)c3ccc(Br)cc32)cc(Br)c1O. The zero-order chi connectivity index (χ0) is 37.3. The third kappa shape index (κ3) is 7.82. The molecule has 0 unspecified atom stereocenters. The summed E-state index contributed by atoms with van der Waals surface area (Å²) in [6, 6.07) is 16.3. The van der Waals surface area contributed by atoms with E-state index in [1.165, 1.54) is 42.5 Å². The molecule has 3 N–H and O–H groups in total. The average Bonchev–Trinajstić information content (AvgIpc) is 3.86. The number of phenols is 1. The number of halogens is 2. The minimum Gasteiger partial charge on any atom is -0.503 e. The molecule has 1 aliphatic heterocycles. The number of hydrogen-bond acceptors (Lipinski definition) is 8. The van der Waals surface area contributed by atoms with Crippen molar-refractivity contribution < 1.29 is 37.3 Å². The fourth-order valence-electron chi connectivity index (χ4n) is 7.17. The maximum Gasteiger partial charge on any atom is 0.333 e. The van der Waals surface area contributed by atoms with Crippen LogP contribution in [0, 0.1) is 0 Å². The summed E-state index contributed by atoms with van der Waals surface area (Å²) in [6.07, 6.45) is 7.51. The molecule has 0 spiro atoms. The molecule has 53 heavy (non-hydrogen) atoms. The van der Waals surface area contributed by atoms with Gasteiger partial charge in [-0.05, 0) is 143 Å². The Morgan fingerprint density at radius 2 is 1.64 bits per heavy atom. The molecular formula is C39H37Br2N3O8S. The van der Waals surface area contributed by atoms with E-state index >= 15 is 0 Å². The van der Waals surface area contributed by atoms with Gasteiger partial charge < -0.3 is 29.5 Å². The maximum absolute atomic E-state index is 13.6. The zero-order valence-corrected chi connectivity index (χ0v) is 32.8. The number of carbonyl (C=O) groups excluding carboxylic acids is 2. The van der Waals surface area contributed by atoms with E-state index in [2.05, 4.69) is 48.0 Å². The number of aryl methyl sites for hydroxylation is 2. The van der Waals surface area contributed by atoms with Crippen molar-refractivity contribution in [2.45, 2.75) is 43.4 Å². The largest absolute Gasteiger partial charge is 0.503 e. The zero-order valence-electron chi connectivity index (χ0n) is 28.8. The van der Waals surface area contributed by atoms with Crippen molar-refractivity contribution in [3.05, 3.63) is 103 Å². The summed E-state index contributed by atoms with van der Waals surface area (Å²) in [5, 5.41) is 13.1. The first-order valence-corrected chi connectivity index (χ1v) is 20.3. The molecule has 3 aliphatic rings. The smallest absolute Gasteiger partial charge is 0.333 e. The summed E-state index contributed by atoms with van der Waals surface area (Å²) in [5.41, 5.74) is 8.20. The Bertz CT molecular complexity index is 2210. The highest BCUT2D eigenvalue weighted by molar-refractivity contribution is 9.10. The second-order valence-electron chi connectivity index (χ2n) is 13.0. The summed E-state index contributed by atoms with van der Waals surface area (Å²) in [7, 11) is -2.66. The van der Waals surface area contributed by atoms with Gasteiger partial charge in [-0.3, -0.25) is 4.79 Å². The molecule has 0 aromatic heterocycles. The van der Waals surface area contributed by atoms with E-state index in [1.807, 2.05) is 18.2 Å². The fraction of sp³-hybridized carbons (Fsp3) is 0.282. The van der Waals surface area contributed by atoms with Crippen LogP contribution < -0.4 is 24.4 Å². The minimum absolute atomic E-state index is 0.0229. The number of hydrogen-bond donors (Lipinski definition) is 3. The van der Waals surface area contributed by atoms with Crippen LogP contribution in [0.5, 0.6) is 17.2 Å². The first kappa shape index (κ1) is 37.0. The van der Waals surface area contributed by atoms with Crippen LogP contribution in [-0.2, 0) is 45.2 Å². The predicted molar refractivity (Wildman–Crippen MR) is 209 cm³/mol. The molecule has 11 nitrogen and oxygen atoms in total. The molecule has 4 aromatic carbocycles. The van der Waals surface area contributed by atoms with Gasteiger partial charge in [0, 0.05) is 27.8 Å². The van der Waals surface area contributed by atoms with Gasteiger partial charge in [0.1, 0.15) is 12.4 Å². The minimum atomic E-state index is -4.12. The van der Waals surface area contributed by atoms with Gasteiger partial charge in [0.2, 0.25) is 0 Å². The van der Waals surface area contributed by atoms with Gasteiger partial charge in [0.25, 0.3) is 15.9 Å².